The minimum absolute atomic E-state index is 0.208. The second-order valence-electron chi connectivity index (χ2n) is 6.72. The van der Waals surface area contributed by atoms with Gasteiger partial charge in [-0.05, 0) is 12.1 Å². The molecule has 0 amide bonds. The zero-order chi connectivity index (χ0) is 22.2. The summed E-state index contributed by atoms with van der Waals surface area (Å²) in [7, 11) is 0. The average molecular weight is 424 g/mol. The molecule has 0 aliphatic carbocycles. The molecule has 5 atom stereocenters. The molecule has 8 N–H and O–H groups in total. The molecule has 2 aromatic carbocycles. The molecule has 1 aliphatic heterocycles. The molecule has 0 spiro atoms. The second-order valence-corrected chi connectivity index (χ2v) is 6.72. The molecule has 0 unspecified atom stereocenters. The van der Waals surface area contributed by atoms with Crippen LogP contribution in [0.25, 0.3) is 0 Å². The molecule has 3 rings (SSSR count). The zero-order valence-electron chi connectivity index (χ0n) is 15.3. The summed E-state index contributed by atoms with van der Waals surface area (Å²) in [4.78, 5) is 12.6. The Labute approximate surface area is 169 Å². The lowest BCUT2D eigenvalue weighted by Crippen LogP contribution is -2.60. The van der Waals surface area contributed by atoms with E-state index in [-0.39, 0.29) is 11.3 Å². The lowest BCUT2D eigenvalue weighted by atomic mass is 9.99. The summed E-state index contributed by atoms with van der Waals surface area (Å²) in [5, 5.41) is 78.2. The first-order valence-corrected chi connectivity index (χ1v) is 8.73. The number of aliphatic hydroxyl groups is 4. The number of hydrogen-bond donors (Lipinski definition) is 8. The number of aliphatic hydroxyl groups excluding tert-OH is 4. The van der Waals surface area contributed by atoms with Gasteiger partial charge in [-0.3, -0.25) is 4.79 Å². The van der Waals surface area contributed by atoms with Crippen molar-refractivity contribution in [2.45, 2.75) is 30.7 Å². The van der Waals surface area contributed by atoms with Crippen molar-refractivity contribution in [3.63, 3.8) is 0 Å². The van der Waals surface area contributed by atoms with Crippen LogP contribution in [0.4, 0.5) is 0 Å². The van der Waals surface area contributed by atoms with Gasteiger partial charge in [0, 0.05) is 23.8 Å². The van der Waals surface area contributed by atoms with Crippen molar-refractivity contribution in [1.29, 1.82) is 0 Å². The number of carbonyl (C=O) groups excluding carboxylic acids is 1. The molecule has 1 fully saturated rings. The zero-order valence-corrected chi connectivity index (χ0v) is 15.3. The number of carbonyl (C=O) groups is 1. The normalized spacial score (nSPS) is 26.3. The van der Waals surface area contributed by atoms with Gasteiger partial charge in [-0.15, -0.1) is 0 Å². The average Bonchev–Trinajstić information content (AvgIpc) is 2.67. The van der Waals surface area contributed by atoms with Gasteiger partial charge in [-0.2, -0.15) is 0 Å². The number of aromatic hydroxyl groups is 4. The van der Waals surface area contributed by atoms with Gasteiger partial charge in [-0.1, -0.05) is 0 Å². The highest BCUT2D eigenvalue weighted by atomic mass is 16.7. The largest absolute Gasteiger partial charge is 0.508 e. The molecule has 11 nitrogen and oxygen atoms in total. The molecular weight excluding hydrogens is 404 g/mol. The maximum Gasteiger partial charge on any atom is 0.229 e. The van der Waals surface area contributed by atoms with Gasteiger partial charge in [0.15, 0.2) is 0 Å². The Morgan fingerprint density at radius 1 is 0.867 bits per heavy atom. The summed E-state index contributed by atoms with van der Waals surface area (Å²) < 4.78 is 10.5. The fourth-order valence-corrected chi connectivity index (χ4v) is 3.06. The van der Waals surface area contributed by atoms with Crippen LogP contribution in [0.3, 0.4) is 0 Å². The van der Waals surface area contributed by atoms with E-state index in [1.165, 1.54) is 0 Å². The number of ketones is 1. The fraction of sp³-hybridized carbons (Fsp3) is 0.316. The maximum atomic E-state index is 12.6. The van der Waals surface area contributed by atoms with Crippen LogP contribution >= 0.6 is 0 Å². The van der Waals surface area contributed by atoms with Crippen molar-refractivity contribution in [2.75, 3.05) is 6.61 Å². The first kappa shape index (κ1) is 21.6. The number of phenolic OH excluding ortho intramolecular Hbond substituents is 4. The van der Waals surface area contributed by atoms with E-state index >= 15 is 0 Å². The van der Waals surface area contributed by atoms with Gasteiger partial charge in [0.25, 0.3) is 0 Å². The molecule has 0 aromatic heterocycles. The van der Waals surface area contributed by atoms with E-state index in [0.29, 0.717) is 0 Å². The molecule has 1 aliphatic rings. The Bertz CT molecular complexity index is 899. The Morgan fingerprint density at radius 2 is 1.43 bits per heavy atom. The monoisotopic (exact) mass is 424 g/mol. The van der Waals surface area contributed by atoms with E-state index in [4.69, 9.17) is 9.47 Å². The highest BCUT2D eigenvalue weighted by Gasteiger charge is 2.44. The molecule has 0 radical (unpaired) electrons. The number of benzene rings is 2. The molecule has 162 valence electrons. The van der Waals surface area contributed by atoms with Crippen molar-refractivity contribution >= 4 is 5.78 Å². The highest BCUT2D eigenvalue weighted by Crippen LogP contribution is 2.36. The highest BCUT2D eigenvalue weighted by molar-refractivity contribution is 6.12. The third-order valence-corrected chi connectivity index (χ3v) is 4.56. The lowest BCUT2D eigenvalue weighted by Gasteiger charge is -2.39. The van der Waals surface area contributed by atoms with Crippen molar-refractivity contribution in [3.05, 3.63) is 41.5 Å². The van der Waals surface area contributed by atoms with E-state index in [1.54, 1.807) is 0 Å². The summed E-state index contributed by atoms with van der Waals surface area (Å²) in [6, 6.07) is 4.90. The number of ether oxygens (including phenoxy) is 2. The fourth-order valence-electron chi connectivity index (χ4n) is 3.06. The van der Waals surface area contributed by atoms with Crippen LogP contribution < -0.4 is 4.74 Å². The van der Waals surface area contributed by atoms with E-state index in [9.17, 15) is 45.6 Å². The van der Waals surface area contributed by atoms with Crippen molar-refractivity contribution in [1.82, 2.24) is 0 Å². The topological polar surface area (TPSA) is 197 Å². The van der Waals surface area contributed by atoms with E-state index < -0.39 is 71.7 Å². The standard InChI is InChI=1S/C19H20O11/c20-6-13-16(26)17(27)18(28)19(30-13)29-10-4-11(23)14(12(24)5-10)15(25)7-1-8(21)3-9(22)2-7/h1-5,13,16-24,26-28H,6H2/t13-,16-,17+,18-,19-/m1/s1. The molecule has 1 saturated heterocycles. The molecule has 30 heavy (non-hydrogen) atoms. The number of rotatable bonds is 5. The third kappa shape index (κ3) is 4.10. The SMILES string of the molecule is O=C(c1cc(O)cc(O)c1)c1c(O)cc(O[C@@H]2O[C@H](CO)[C@@H](O)[C@H](O)[C@H]2O)cc1O. The summed E-state index contributed by atoms with van der Waals surface area (Å²) >= 11 is 0. The molecule has 0 saturated carbocycles. The maximum absolute atomic E-state index is 12.6. The van der Waals surface area contributed by atoms with Crippen molar-refractivity contribution in [2.24, 2.45) is 0 Å². The second kappa shape index (κ2) is 8.34. The van der Waals surface area contributed by atoms with Crippen LogP contribution in [0.5, 0.6) is 28.7 Å². The van der Waals surface area contributed by atoms with Crippen LogP contribution in [0.2, 0.25) is 0 Å². The van der Waals surface area contributed by atoms with Crippen molar-refractivity contribution in [3.8, 4) is 28.7 Å². The van der Waals surface area contributed by atoms with E-state index in [0.717, 1.165) is 30.3 Å². The molecule has 11 heteroatoms. The molecule has 0 bridgehead atoms. The Hall–Kier alpha value is -3.09. The predicted octanol–water partition coefficient (Wildman–Crippen LogP) is -1.08. The van der Waals surface area contributed by atoms with Gasteiger partial charge in [0.2, 0.25) is 12.1 Å². The van der Waals surface area contributed by atoms with Crippen LogP contribution in [0.15, 0.2) is 30.3 Å². The van der Waals surface area contributed by atoms with Crippen LogP contribution in [-0.4, -0.2) is 83.9 Å². The Balaban J connectivity index is 1.87. The number of hydrogen-bond acceptors (Lipinski definition) is 11. The van der Waals surface area contributed by atoms with E-state index in [1.807, 2.05) is 0 Å². The van der Waals surface area contributed by atoms with Gasteiger partial charge >= 0.3 is 0 Å². The minimum atomic E-state index is -1.72. The van der Waals surface area contributed by atoms with Gasteiger partial charge in [0.05, 0.1) is 6.61 Å². The first-order valence-electron chi connectivity index (χ1n) is 8.73. The molecule has 2 aromatic rings. The van der Waals surface area contributed by atoms with Gasteiger partial charge in [0.1, 0.15) is 58.7 Å². The third-order valence-electron chi connectivity index (χ3n) is 4.56. The predicted molar refractivity (Wildman–Crippen MR) is 97.4 cm³/mol. The smallest absolute Gasteiger partial charge is 0.229 e. The van der Waals surface area contributed by atoms with Crippen LogP contribution in [0.1, 0.15) is 15.9 Å². The summed E-state index contributed by atoms with van der Waals surface area (Å²) in [5.74, 6) is -3.41. The lowest BCUT2D eigenvalue weighted by molar-refractivity contribution is -0.277. The van der Waals surface area contributed by atoms with Crippen molar-refractivity contribution < 1.29 is 55.1 Å². The molecule has 1 heterocycles. The van der Waals surface area contributed by atoms with E-state index in [2.05, 4.69) is 0 Å². The summed E-state index contributed by atoms with van der Waals surface area (Å²) in [6.07, 6.45) is -7.80. The van der Waals surface area contributed by atoms with Gasteiger partial charge in [-0.25, -0.2) is 0 Å². The number of phenols is 4. The molecular formula is C19H20O11. The first-order chi connectivity index (χ1) is 14.1. The van der Waals surface area contributed by atoms with Gasteiger partial charge < -0.3 is 50.3 Å². The Kier molecular flexibility index (Phi) is 6.01. The minimum Gasteiger partial charge on any atom is -0.508 e. The van der Waals surface area contributed by atoms with Crippen LogP contribution in [-0.2, 0) is 4.74 Å². The van der Waals surface area contributed by atoms with Crippen LogP contribution in [0, 0.1) is 0 Å². The summed E-state index contributed by atoms with van der Waals surface area (Å²) in [6.45, 7) is -0.675. The quantitative estimate of drug-likeness (QED) is 0.272. The summed E-state index contributed by atoms with van der Waals surface area (Å²) in [5.41, 5.74) is -0.748. The Morgan fingerprint density at radius 3 is 1.97 bits per heavy atom.